The van der Waals surface area contributed by atoms with E-state index in [0.717, 1.165) is 0 Å². The highest BCUT2D eigenvalue weighted by Gasteiger charge is 2.26. The minimum atomic E-state index is -0.853. The first-order valence-electron chi connectivity index (χ1n) is 4.09. The number of hydrogen-bond donors (Lipinski definition) is 2. The number of rotatable bonds is 6. The molecule has 4 nitrogen and oxygen atoms in total. The van der Waals surface area contributed by atoms with Gasteiger partial charge in [0.15, 0.2) is 0 Å². The van der Waals surface area contributed by atoms with E-state index in [1.165, 1.54) is 0 Å². The summed E-state index contributed by atoms with van der Waals surface area (Å²) in [5.41, 5.74) is 4.82. The molecule has 0 heterocycles. The smallest absolute Gasteiger partial charge is 0.146 e. The molecule has 0 saturated heterocycles. The van der Waals surface area contributed by atoms with Gasteiger partial charge in [0.25, 0.3) is 0 Å². The van der Waals surface area contributed by atoms with E-state index < -0.39 is 5.60 Å². The van der Waals surface area contributed by atoms with Crippen molar-refractivity contribution < 1.29 is 14.6 Å². The second-order valence-corrected chi connectivity index (χ2v) is 3.09. The summed E-state index contributed by atoms with van der Waals surface area (Å²) in [5.74, 6) is 0. The van der Waals surface area contributed by atoms with Gasteiger partial charge in [-0.2, -0.15) is 0 Å². The Labute approximate surface area is 73.7 Å². The number of nitrogens with two attached hydrogens (primary N) is 1. The summed E-state index contributed by atoms with van der Waals surface area (Å²) < 4.78 is 9.70. The number of ether oxygens (including phenoxy) is 2. The van der Waals surface area contributed by atoms with Gasteiger partial charge in [-0.05, 0) is 13.3 Å². The Kier molecular flexibility index (Phi) is 5.41. The molecule has 0 rings (SSSR count). The quantitative estimate of drug-likeness (QED) is 0.446. The average Bonchev–Trinajstić information content (AvgIpc) is 2.05. The summed E-state index contributed by atoms with van der Waals surface area (Å²) in [5, 5.41) is 9.65. The predicted molar refractivity (Wildman–Crippen MR) is 46.7 cm³/mol. The zero-order valence-corrected chi connectivity index (χ0v) is 8.04. The van der Waals surface area contributed by atoms with E-state index in [-0.39, 0.29) is 12.8 Å². The largest absolute Gasteiger partial charge is 0.388 e. The molecule has 0 aliphatic carbocycles. The zero-order chi connectivity index (χ0) is 9.61. The predicted octanol–water partition coefficient (Wildman–Crippen LogP) is 0.0952. The summed E-state index contributed by atoms with van der Waals surface area (Å²) in [6, 6.07) is -0.363. The molecular formula is C8H19NO3. The molecule has 0 spiro atoms. The zero-order valence-electron chi connectivity index (χ0n) is 8.04. The van der Waals surface area contributed by atoms with E-state index >= 15 is 0 Å². The van der Waals surface area contributed by atoms with Gasteiger partial charge in [0.2, 0.25) is 0 Å². The van der Waals surface area contributed by atoms with Crippen molar-refractivity contribution in [3.63, 3.8) is 0 Å². The van der Waals surface area contributed by atoms with Crippen molar-refractivity contribution in [3.8, 4) is 0 Å². The normalized spacial score (nSPS) is 18.8. The van der Waals surface area contributed by atoms with E-state index in [2.05, 4.69) is 4.74 Å². The third-order valence-corrected chi connectivity index (χ3v) is 2.01. The van der Waals surface area contributed by atoms with Crippen LogP contribution in [-0.4, -0.2) is 37.3 Å². The Balaban J connectivity index is 3.63. The Morgan fingerprint density at radius 1 is 1.58 bits per heavy atom. The lowest BCUT2D eigenvalue weighted by Crippen LogP contribution is -2.48. The number of methoxy groups -OCH3 is 1. The summed E-state index contributed by atoms with van der Waals surface area (Å²) >= 11 is 0. The van der Waals surface area contributed by atoms with Crippen LogP contribution in [0.4, 0.5) is 0 Å². The maximum atomic E-state index is 9.65. The molecule has 0 saturated carbocycles. The second-order valence-electron chi connectivity index (χ2n) is 3.09. The van der Waals surface area contributed by atoms with Gasteiger partial charge in [0.05, 0.1) is 18.2 Å². The van der Waals surface area contributed by atoms with Crippen molar-refractivity contribution in [1.29, 1.82) is 0 Å². The van der Waals surface area contributed by atoms with Crippen molar-refractivity contribution in [2.45, 2.75) is 31.9 Å². The van der Waals surface area contributed by atoms with Crippen LogP contribution in [0.15, 0.2) is 0 Å². The monoisotopic (exact) mass is 177 g/mol. The molecule has 0 amide bonds. The first kappa shape index (κ1) is 11.8. The van der Waals surface area contributed by atoms with Gasteiger partial charge in [0.1, 0.15) is 6.79 Å². The van der Waals surface area contributed by atoms with Crippen molar-refractivity contribution >= 4 is 0 Å². The van der Waals surface area contributed by atoms with Crippen LogP contribution in [-0.2, 0) is 9.47 Å². The molecule has 74 valence electrons. The highest BCUT2D eigenvalue weighted by atomic mass is 16.7. The second kappa shape index (κ2) is 5.48. The minimum Gasteiger partial charge on any atom is -0.388 e. The molecule has 0 radical (unpaired) electrons. The molecule has 0 bridgehead atoms. The standard InChI is InChI=1S/C8H19NO3/c1-4-8(2,10)7(9)5-12-6-11-3/h7,10H,4-6,9H2,1-3H3/t7-,8-/m1/s1. The Morgan fingerprint density at radius 2 is 2.17 bits per heavy atom. The van der Waals surface area contributed by atoms with Crippen LogP contribution in [0.5, 0.6) is 0 Å². The average molecular weight is 177 g/mol. The first-order valence-corrected chi connectivity index (χ1v) is 4.09. The molecule has 0 fully saturated rings. The minimum absolute atomic E-state index is 0.216. The van der Waals surface area contributed by atoms with Crippen molar-refractivity contribution in [2.75, 3.05) is 20.5 Å². The van der Waals surface area contributed by atoms with Gasteiger partial charge in [-0.25, -0.2) is 0 Å². The molecule has 2 atom stereocenters. The van der Waals surface area contributed by atoms with Crippen LogP contribution in [0.1, 0.15) is 20.3 Å². The van der Waals surface area contributed by atoms with E-state index in [9.17, 15) is 5.11 Å². The summed E-state index contributed by atoms with van der Waals surface area (Å²) in [4.78, 5) is 0. The van der Waals surface area contributed by atoms with Gasteiger partial charge >= 0.3 is 0 Å². The van der Waals surface area contributed by atoms with Crippen molar-refractivity contribution in [1.82, 2.24) is 0 Å². The van der Waals surface area contributed by atoms with Gasteiger partial charge in [0, 0.05) is 7.11 Å². The maximum Gasteiger partial charge on any atom is 0.146 e. The van der Waals surface area contributed by atoms with Crippen LogP contribution >= 0.6 is 0 Å². The SMILES string of the molecule is CC[C@@](C)(O)[C@H](N)COCOC. The topological polar surface area (TPSA) is 64.7 Å². The Morgan fingerprint density at radius 3 is 2.58 bits per heavy atom. The van der Waals surface area contributed by atoms with Crippen LogP contribution < -0.4 is 5.73 Å². The molecule has 3 N–H and O–H groups in total. The summed E-state index contributed by atoms with van der Waals surface area (Å²) in [6.07, 6.45) is 0.616. The Hall–Kier alpha value is -0.160. The summed E-state index contributed by atoms with van der Waals surface area (Å²) in [7, 11) is 1.55. The van der Waals surface area contributed by atoms with E-state index in [1.807, 2.05) is 6.92 Å². The van der Waals surface area contributed by atoms with Gasteiger partial charge < -0.3 is 20.3 Å². The molecule has 0 aromatic rings. The van der Waals surface area contributed by atoms with Gasteiger partial charge in [-0.15, -0.1) is 0 Å². The van der Waals surface area contributed by atoms with Crippen LogP contribution in [0.25, 0.3) is 0 Å². The number of hydrogen-bond acceptors (Lipinski definition) is 4. The fourth-order valence-electron chi connectivity index (χ4n) is 0.700. The molecule has 0 aliphatic rings. The van der Waals surface area contributed by atoms with Crippen LogP contribution in [0, 0.1) is 0 Å². The highest BCUT2D eigenvalue weighted by Crippen LogP contribution is 2.12. The van der Waals surface area contributed by atoms with E-state index in [1.54, 1.807) is 14.0 Å². The van der Waals surface area contributed by atoms with Crippen LogP contribution in [0.3, 0.4) is 0 Å². The molecule has 4 heteroatoms. The maximum absolute atomic E-state index is 9.65. The van der Waals surface area contributed by atoms with E-state index in [4.69, 9.17) is 10.5 Å². The van der Waals surface area contributed by atoms with Gasteiger partial charge in [-0.3, -0.25) is 0 Å². The molecule has 0 unspecified atom stereocenters. The number of aliphatic hydroxyl groups is 1. The fourth-order valence-corrected chi connectivity index (χ4v) is 0.700. The molecule has 0 aliphatic heterocycles. The lowest BCUT2D eigenvalue weighted by Gasteiger charge is -2.28. The molecule has 0 aromatic heterocycles. The van der Waals surface area contributed by atoms with Crippen molar-refractivity contribution in [3.05, 3.63) is 0 Å². The third kappa shape index (κ3) is 4.01. The van der Waals surface area contributed by atoms with Crippen LogP contribution in [0.2, 0.25) is 0 Å². The molecular weight excluding hydrogens is 158 g/mol. The summed E-state index contributed by atoms with van der Waals surface area (Å²) in [6.45, 7) is 4.12. The first-order chi connectivity index (χ1) is 5.54. The van der Waals surface area contributed by atoms with Gasteiger partial charge in [-0.1, -0.05) is 6.92 Å². The fraction of sp³-hybridized carbons (Fsp3) is 1.00. The van der Waals surface area contributed by atoms with E-state index in [0.29, 0.717) is 13.0 Å². The Bertz CT molecular complexity index is 117. The molecule has 0 aromatic carbocycles. The lowest BCUT2D eigenvalue weighted by molar-refractivity contribution is -0.0651. The lowest BCUT2D eigenvalue weighted by atomic mass is 9.95. The van der Waals surface area contributed by atoms with Crippen molar-refractivity contribution in [2.24, 2.45) is 5.73 Å². The third-order valence-electron chi connectivity index (χ3n) is 2.01. The molecule has 12 heavy (non-hydrogen) atoms. The highest BCUT2D eigenvalue weighted by molar-refractivity contribution is 4.83.